The van der Waals surface area contributed by atoms with Crippen LogP contribution in [0.3, 0.4) is 0 Å². The highest BCUT2D eigenvalue weighted by molar-refractivity contribution is 5.78. The number of rotatable bonds is 4. The SMILES string of the molecule is COc1ccc(C=Cc2cnc3oc(-c4cccnc4)nc3c2)cc1. The third kappa shape index (κ3) is 3.26. The van der Waals surface area contributed by atoms with Crippen LogP contribution < -0.4 is 4.74 Å². The van der Waals surface area contributed by atoms with Gasteiger partial charge in [-0.15, -0.1) is 0 Å². The molecule has 0 unspecified atom stereocenters. The van der Waals surface area contributed by atoms with Gasteiger partial charge in [0.05, 0.1) is 12.7 Å². The zero-order valence-corrected chi connectivity index (χ0v) is 13.6. The van der Waals surface area contributed by atoms with Crippen molar-refractivity contribution < 1.29 is 9.15 Å². The summed E-state index contributed by atoms with van der Waals surface area (Å²) in [5.41, 5.74) is 4.10. The van der Waals surface area contributed by atoms with Crippen LogP contribution in [0.25, 0.3) is 34.8 Å². The van der Waals surface area contributed by atoms with Gasteiger partial charge in [0.25, 0.3) is 0 Å². The summed E-state index contributed by atoms with van der Waals surface area (Å²) in [6.45, 7) is 0. The normalized spacial score (nSPS) is 11.2. The van der Waals surface area contributed by atoms with Gasteiger partial charge in [-0.05, 0) is 41.5 Å². The lowest BCUT2D eigenvalue weighted by Crippen LogP contribution is -1.81. The Labute approximate surface area is 144 Å². The van der Waals surface area contributed by atoms with Gasteiger partial charge in [0.2, 0.25) is 11.6 Å². The molecule has 25 heavy (non-hydrogen) atoms. The molecule has 1 aromatic carbocycles. The Morgan fingerprint density at radius 1 is 1.00 bits per heavy atom. The van der Waals surface area contributed by atoms with Gasteiger partial charge in [-0.25, -0.2) is 9.97 Å². The second-order valence-corrected chi connectivity index (χ2v) is 5.46. The first kappa shape index (κ1) is 15.1. The molecule has 0 N–H and O–H groups in total. The highest BCUT2D eigenvalue weighted by Crippen LogP contribution is 2.23. The zero-order valence-electron chi connectivity index (χ0n) is 13.6. The van der Waals surface area contributed by atoms with E-state index in [0.29, 0.717) is 11.6 Å². The van der Waals surface area contributed by atoms with Crippen LogP contribution in [0.15, 0.2) is 65.5 Å². The number of oxazole rings is 1. The summed E-state index contributed by atoms with van der Waals surface area (Å²) in [5.74, 6) is 1.36. The smallest absolute Gasteiger partial charge is 0.247 e. The first-order valence-corrected chi connectivity index (χ1v) is 7.81. The van der Waals surface area contributed by atoms with Crippen molar-refractivity contribution in [3.8, 4) is 17.2 Å². The van der Waals surface area contributed by atoms with Gasteiger partial charge in [-0.1, -0.05) is 24.3 Å². The molecule has 0 atom stereocenters. The number of ether oxygens (including phenoxy) is 1. The maximum atomic E-state index is 5.70. The quantitative estimate of drug-likeness (QED) is 0.553. The average molecular weight is 329 g/mol. The molecular weight excluding hydrogens is 314 g/mol. The molecule has 5 heteroatoms. The van der Waals surface area contributed by atoms with Crippen molar-refractivity contribution >= 4 is 23.4 Å². The van der Waals surface area contributed by atoms with Crippen LogP contribution in [0.2, 0.25) is 0 Å². The molecule has 0 aliphatic carbocycles. The molecule has 0 radical (unpaired) electrons. The number of hydrogen-bond acceptors (Lipinski definition) is 5. The van der Waals surface area contributed by atoms with Gasteiger partial charge >= 0.3 is 0 Å². The summed E-state index contributed by atoms with van der Waals surface area (Å²) in [6, 6.07) is 13.6. The average Bonchev–Trinajstić information content (AvgIpc) is 3.11. The fraction of sp³-hybridized carbons (Fsp3) is 0.0500. The van der Waals surface area contributed by atoms with Crippen LogP contribution in [-0.4, -0.2) is 22.1 Å². The molecule has 0 saturated carbocycles. The van der Waals surface area contributed by atoms with Gasteiger partial charge in [0.15, 0.2) is 0 Å². The molecule has 5 nitrogen and oxygen atoms in total. The third-order valence-electron chi connectivity index (χ3n) is 3.76. The molecule has 0 aliphatic rings. The summed E-state index contributed by atoms with van der Waals surface area (Å²) < 4.78 is 10.9. The van der Waals surface area contributed by atoms with Crippen LogP contribution in [-0.2, 0) is 0 Å². The number of nitrogens with zero attached hydrogens (tertiary/aromatic N) is 3. The number of methoxy groups -OCH3 is 1. The van der Waals surface area contributed by atoms with Crippen molar-refractivity contribution in [2.75, 3.05) is 7.11 Å². The molecule has 0 spiro atoms. The van der Waals surface area contributed by atoms with Crippen LogP contribution in [0.4, 0.5) is 0 Å². The van der Waals surface area contributed by atoms with E-state index in [2.05, 4.69) is 15.0 Å². The van der Waals surface area contributed by atoms with Gasteiger partial charge in [-0.3, -0.25) is 4.98 Å². The van der Waals surface area contributed by atoms with Crippen molar-refractivity contribution in [2.24, 2.45) is 0 Å². The largest absolute Gasteiger partial charge is 0.497 e. The molecule has 0 fully saturated rings. The first-order valence-electron chi connectivity index (χ1n) is 7.81. The van der Waals surface area contributed by atoms with E-state index in [-0.39, 0.29) is 0 Å². The van der Waals surface area contributed by atoms with Crippen molar-refractivity contribution in [2.45, 2.75) is 0 Å². The van der Waals surface area contributed by atoms with Crippen molar-refractivity contribution in [3.05, 3.63) is 72.2 Å². The second kappa shape index (κ2) is 6.57. The van der Waals surface area contributed by atoms with Crippen molar-refractivity contribution in [1.82, 2.24) is 15.0 Å². The Kier molecular flexibility index (Phi) is 3.96. The lowest BCUT2D eigenvalue weighted by Gasteiger charge is -1.99. The van der Waals surface area contributed by atoms with Crippen molar-refractivity contribution in [3.63, 3.8) is 0 Å². The highest BCUT2D eigenvalue weighted by Gasteiger charge is 2.09. The van der Waals surface area contributed by atoms with E-state index in [0.717, 1.165) is 28.0 Å². The Bertz CT molecular complexity index is 1020. The monoisotopic (exact) mass is 329 g/mol. The predicted octanol–water partition coefficient (Wildman–Crippen LogP) is 4.46. The van der Waals surface area contributed by atoms with E-state index in [4.69, 9.17) is 9.15 Å². The molecule has 122 valence electrons. The number of aromatic nitrogens is 3. The molecule has 3 heterocycles. The van der Waals surface area contributed by atoms with E-state index < -0.39 is 0 Å². The molecule has 0 saturated heterocycles. The van der Waals surface area contributed by atoms with E-state index in [1.807, 2.05) is 54.6 Å². The summed E-state index contributed by atoms with van der Waals surface area (Å²) in [5, 5.41) is 0. The number of fused-ring (bicyclic) bond motifs is 1. The summed E-state index contributed by atoms with van der Waals surface area (Å²) in [4.78, 5) is 12.9. The standard InChI is InChI=1S/C20H15N3O2/c1-24-17-8-6-14(7-9-17)4-5-15-11-18-20(22-12-15)25-19(23-18)16-3-2-10-21-13-16/h2-13H,1H3. The molecular formula is C20H15N3O2. The van der Waals surface area contributed by atoms with Gasteiger partial charge < -0.3 is 9.15 Å². The summed E-state index contributed by atoms with van der Waals surface area (Å²) >= 11 is 0. The van der Waals surface area contributed by atoms with Crippen LogP contribution in [0.5, 0.6) is 5.75 Å². The second-order valence-electron chi connectivity index (χ2n) is 5.46. The Balaban J connectivity index is 1.61. The summed E-state index contributed by atoms with van der Waals surface area (Å²) in [6.07, 6.45) is 9.21. The third-order valence-corrected chi connectivity index (χ3v) is 3.76. The molecule has 4 aromatic rings. The van der Waals surface area contributed by atoms with Gasteiger partial charge in [0.1, 0.15) is 11.3 Å². The van der Waals surface area contributed by atoms with Crippen LogP contribution >= 0.6 is 0 Å². The lowest BCUT2D eigenvalue weighted by molar-refractivity contribution is 0.415. The number of hydrogen-bond donors (Lipinski definition) is 0. The summed E-state index contributed by atoms with van der Waals surface area (Å²) in [7, 11) is 1.66. The Morgan fingerprint density at radius 2 is 1.84 bits per heavy atom. The molecule has 0 aliphatic heterocycles. The topological polar surface area (TPSA) is 61.0 Å². The van der Waals surface area contributed by atoms with Crippen molar-refractivity contribution in [1.29, 1.82) is 0 Å². The number of pyridine rings is 2. The molecule has 3 aromatic heterocycles. The first-order chi connectivity index (χ1) is 12.3. The van der Waals surface area contributed by atoms with Gasteiger partial charge in [-0.2, -0.15) is 0 Å². The van der Waals surface area contributed by atoms with E-state index in [1.54, 1.807) is 25.7 Å². The zero-order chi connectivity index (χ0) is 17.1. The predicted molar refractivity (Wildman–Crippen MR) is 97.0 cm³/mol. The van der Waals surface area contributed by atoms with Crippen LogP contribution in [0, 0.1) is 0 Å². The minimum absolute atomic E-state index is 0.514. The number of benzene rings is 1. The van der Waals surface area contributed by atoms with E-state index in [9.17, 15) is 0 Å². The molecule has 0 bridgehead atoms. The fourth-order valence-corrected chi connectivity index (χ4v) is 2.45. The minimum Gasteiger partial charge on any atom is -0.497 e. The van der Waals surface area contributed by atoms with E-state index in [1.165, 1.54) is 0 Å². The Morgan fingerprint density at radius 3 is 2.60 bits per heavy atom. The highest BCUT2D eigenvalue weighted by atomic mass is 16.5. The molecule has 4 rings (SSSR count). The maximum Gasteiger partial charge on any atom is 0.247 e. The van der Waals surface area contributed by atoms with E-state index >= 15 is 0 Å². The maximum absolute atomic E-state index is 5.70. The molecule has 0 amide bonds. The lowest BCUT2D eigenvalue weighted by atomic mass is 10.1. The fourth-order valence-electron chi connectivity index (χ4n) is 2.45. The minimum atomic E-state index is 0.514. The Hall–Kier alpha value is -3.47. The van der Waals surface area contributed by atoms with Gasteiger partial charge in [0, 0.05) is 18.6 Å². The van der Waals surface area contributed by atoms with Crippen LogP contribution in [0.1, 0.15) is 11.1 Å².